The summed E-state index contributed by atoms with van der Waals surface area (Å²) in [5.41, 5.74) is 1.49. The zero-order chi connectivity index (χ0) is 16.8. The zero-order valence-corrected chi connectivity index (χ0v) is 14.2. The average molecular weight is 316 g/mol. The molecular formula is C19H24O4. The van der Waals surface area contributed by atoms with E-state index in [-0.39, 0.29) is 17.1 Å². The number of Topliss-reactive ketones (excluding diaryl/α,β-unsaturated/α-hetero) is 1. The Morgan fingerprint density at radius 2 is 1.91 bits per heavy atom. The first-order chi connectivity index (χ1) is 10.7. The number of allylic oxidation sites excluding steroid dienone is 2. The number of benzene rings is 1. The van der Waals surface area contributed by atoms with Gasteiger partial charge in [-0.05, 0) is 11.5 Å². The lowest BCUT2D eigenvalue weighted by molar-refractivity contribution is -0.184. The fourth-order valence-corrected chi connectivity index (χ4v) is 3.77. The van der Waals surface area contributed by atoms with Gasteiger partial charge in [0.2, 0.25) is 5.79 Å². The third-order valence-electron chi connectivity index (χ3n) is 4.67. The Hall–Kier alpha value is -1.81. The molecule has 1 aromatic carbocycles. The Labute approximate surface area is 137 Å². The third kappa shape index (κ3) is 3.00. The van der Waals surface area contributed by atoms with Gasteiger partial charge in [0.05, 0.1) is 7.11 Å². The van der Waals surface area contributed by atoms with Gasteiger partial charge in [0.1, 0.15) is 11.5 Å². The largest absolute Gasteiger partial charge is 0.496 e. The van der Waals surface area contributed by atoms with Crippen molar-refractivity contribution in [2.24, 2.45) is 5.41 Å². The van der Waals surface area contributed by atoms with Crippen molar-refractivity contribution in [3.8, 4) is 5.75 Å². The van der Waals surface area contributed by atoms with E-state index in [0.717, 1.165) is 11.3 Å². The summed E-state index contributed by atoms with van der Waals surface area (Å²) in [5, 5.41) is 10.6. The van der Waals surface area contributed by atoms with Crippen LogP contribution in [0.3, 0.4) is 0 Å². The molecule has 0 fully saturated rings. The highest BCUT2D eigenvalue weighted by Crippen LogP contribution is 2.50. The van der Waals surface area contributed by atoms with Gasteiger partial charge in [0, 0.05) is 43.2 Å². The van der Waals surface area contributed by atoms with E-state index in [9.17, 15) is 9.90 Å². The lowest BCUT2D eigenvalue weighted by Gasteiger charge is -2.43. The molecular weight excluding hydrogens is 292 g/mol. The second-order valence-corrected chi connectivity index (χ2v) is 7.55. The molecule has 1 unspecified atom stereocenters. The van der Waals surface area contributed by atoms with Crippen LogP contribution in [0.25, 0.3) is 0 Å². The molecule has 0 aromatic heterocycles. The minimum atomic E-state index is -1.28. The molecule has 2 aliphatic rings. The zero-order valence-electron chi connectivity index (χ0n) is 14.2. The first kappa shape index (κ1) is 16.1. The van der Waals surface area contributed by atoms with Crippen molar-refractivity contribution < 1.29 is 19.4 Å². The Morgan fingerprint density at radius 1 is 1.22 bits per heavy atom. The van der Waals surface area contributed by atoms with Gasteiger partial charge in [0.25, 0.3) is 0 Å². The van der Waals surface area contributed by atoms with Gasteiger partial charge in [-0.1, -0.05) is 32.0 Å². The monoisotopic (exact) mass is 316 g/mol. The van der Waals surface area contributed by atoms with Gasteiger partial charge in [-0.2, -0.15) is 0 Å². The molecule has 4 heteroatoms. The molecule has 2 atom stereocenters. The number of hydrogen-bond donors (Lipinski definition) is 1. The first-order valence-electron chi connectivity index (χ1n) is 8.03. The van der Waals surface area contributed by atoms with Gasteiger partial charge in [0.15, 0.2) is 5.78 Å². The number of carbonyl (C=O) groups is 1. The van der Waals surface area contributed by atoms with Crippen molar-refractivity contribution in [2.75, 3.05) is 7.11 Å². The number of ether oxygens (including phenoxy) is 2. The lowest BCUT2D eigenvalue weighted by Crippen LogP contribution is -2.41. The second-order valence-electron chi connectivity index (χ2n) is 7.55. The maximum absolute atomic E-state index is 12.8. The fourth-order valence-electron chi connectivity index (χ4n) is 3.77. The van der Waals surface area contributed by atoms with Crippen LogP contribution >= 0.6 is 0 Å². The molecule has 1 aliphatic heterocycles. The van der Waals surface area contributed by atoms with Crippen LogP contribution in [-0.4, -0.2) is 23.8 Å². The van der Waals surface area contributed by atoms with E-state index in [2.05, 4.69) is 13.8 Å². The summed E-state index contributed by atoms with van der Waals surface area (Å²) in [6, 6.07) is 7.68. The SMILES string of the molecule is COc1ccccc1[C@H]1CC(C)(O)OC2=C1C(=O)CC(C)(C)C2. The number of hydrogen-bond acceptors (Lipinski definition) is 4. The number of aliphatic hydroxyl groups is 1. The highest BCUT2D eigenvalue weighted by Gasteiger charge is 2.46. The minimum Gasteiger partial charge on any atom is -0.496 e. The van der Waals surface area contributed by atoms with Crippen LogP contribution in [0.4, 0.5) is 0 Å². The van der Waals surface area contributed by atoms with Gasteiger partial charge in [-0.3, -0.25) is 4.79 Å². The number of ketones is 1. The summed E-state index contributed by atoms with van der Waals surface area (Å²) in [5.74, 6) is 0.00663. The Balaban J connectivity index is 2.13. The molecule has 1 aromatic rings. The van der Waals surface area contributed by atoms with E-state index in [1.165, 1.54) is 0 Å². The van der Waals surface area contributed by atoms with Crippen LogP contribution in [0.15, 0.2) is 35.6 Å². The molecule has 0 bridgehead atoms. The maximum atomic E-state index is 12.8. The Bertz CT molecular complexity index is 666. The van der Waals surface area contributed by atoms with Crippen molar-refractivity contribution in [1.82, 2.24) is 0 Å². The van der Waals surface area contributed by atoms with E-state index in [4.69, 9.17) is 9.47 Å². The molecule has 4 nitrogen and oxygen atoms in total. The molecule has 1 aliphatic carbocycles. The van der Waals surface area contributed by atoms with Crippen molar-refractivity contribution in [3.63, 3.8) is 0 Å². The normalized spacial score (nSPS) is 29.8. The summed E-state index contributed by atoms with van der Waals surface area (Å²) in [4.78, 5) is 12.8. The topological polar surface area (TPSA) is 55.8 Å². The average Bonchev–Trinajstić information content (AvgIpc) is 2.43. The number of carbonyl (C=O) groups excluding carboxylic acids is 1. The molecule has 0 spiro atoms. The molecule has 124 valence electrons. The third-order valence-corrected chi connectivity index (χ3v) is 4.67. The summed E-state index contributed by atoms with van der Waals surface area (Å²) in [6.07, 6.45) is 1.51. The highest BCUT2D eigenvalue weighted by molar-refractivity contribution is 5.99. The van der Waals surface area contributed by atoms with E-state index in [1.54, 1.807) is 14.0 Å². The van der Waals surface area contributed by atoms with Crippen molar-refractivity contribution in [3.05, 3.63) is 41.2 Å². The molecule has 23 heavy (non-hydrogen) atoms. The van der Waals surface area contributed by atoms with E-state index in [0.29, 0.717) is 30.6 Å². The van der Waals surface area contributed by atoms with Crippen LogP contribution in [0.5, 0.6) is 5.75 Å². The summed E-state index contributed by atoms with van der Waals surface area (Å²) in [6.45, 7) is 5.77. The molecule has 0 amide bonds. The predicted octanol–water partition coefficient (Wildman–Crippen LogP) is 3.55. The highest BCUT2D eigenvalue weighted by atomic mass is 16.6. The summed E-state index contributed by atoms with van der Waals surface area (Å²) in [7, 11) is 1.62. The van der Waals surface area contributed by atoms with Crippen LogP contribution in [0.2, 0.25) is 0 Å². The predicted molar refractivity (Wildman–Crippen MR) is 87.1 cm³/mol. The summed E-state index contributed by atoms with van der Waals surface area (Å²) >= 11 is 0. The Kier molecular flexibility index (Phi) is 3.75. The number of para-hydroxylation sites is 1. The number of methoxy groups -OCH3 is 1. The smallest absolute Gasteiger partial charge is 0.205 e. The maximum Gasteiger partial charge on any atom is 0.205 e. The fraction of sp³-hybridized carbons (Fsp3) is 0.526. The van der Waals surface area contributed by atoms with Gasteiger partial charge >= 0.3 is 0 Å². The van der Waals surface area contributed by atoms with E-state index >= 15 is 0 Å². The van der Waals surface area contributed by atoms with Gasteiger partial charge in [-0.15, -0.1) is 0 Å². The van der Waals surface area contributed by atoms with E-state index < -0.39 is 5.79 Å². The molecule has 1 N–H and O–H groups in total. The second kappa shape index (κ2) is 5.38. The van der Waals surface area contributed by atoms with E-state index in [1.807, 2.05) is 24.3 Å². The molecule has 1 heterocycles. The number of rotatable bonds is 2. The lowest BCUT2D eigenvalue weighted by atomic mass is 9.70. The minimum absolute atomic E-state index is 0.114. The first-order valence-corrected chi connectivity index (χ1v) is 8.03. The van der Waals surface area contributed by atoms with Crippen molar-refractivity contribution in [1.29, 1.82) is 0 Å². The van der Waals surface area contributed by atoms with Crippen molar-refractivity contribution in [2.45, 2.75) is 51.7 Å². The summed E-state index contributed by atoms with van der Waals surface area (Å²) < 4.78 is 11.2. The van der Waals surface area contributed by atoms with Crippen molar-refractivity contribution >= 4 is 5.78 Å². The van der Waals surface area contributed by atoms with Gasteiger partial charge < -0.3 is 14.6 Å². The van der Waals surface area contributed by atoms with Crippen LogP contribution in [0, 0.1) is 5.41 Å². The van der Waals surface area contributed by atoms with Crippen LogP contribution in [0.1, 0.15) is 51.5 Å². The molecule has 0 radical (unpaired) electrons. The molecule has 0 saturated heterocycles. The van der Waals surface area contributed by atoms with Gasteiger partial charge in [-0.25, -0.2) is 0 Å². The molecule has 3 rings (SSSR count). The Morgan fingerprint density at radius 3 is 2.61 bits per heavy atom. The van der Waals surface area contributed by atoms with Crippen LogP contribution < -0.4 is 4.74 Å². The standard InChI is InChI=1S/C19H24O4/c1-18(2)10-14(20)17-13(9-19(3,21)23-16(17)11-18)12-7-5-6-8-15(12)22-4/h5-8,13,21H,9-11H2,1-4H3/t13-,19?/m1/s1. The molecule has 0 saturated carbocycles. The quantitative estimate of drug-likeness (QED) is 0.906. The van der Waals surface area contributed by atoms with Crippen LogP contribution in [-0.2, 0) is 9.53 Å².